The molecule has 11 heteroatoms. The van der Waals surface area contributed by atoms with Gasteiger partial charge in [0.2, 0.25) is 0 Å². The predicted octanol–water partition coefficient (Wildman–Crippen LogP) is 9.36. The molecule has 0 bridgehead atoms. The lowest BCUT2D eigenvalue weighted by molar-refractivity contribution is -0.141. The first kappa shape index (κ1) is 50.1. The van der Waals surface area contributed by atoms with E-state index in [0.29, 0.717) is 17.7 Å². The summed E-state index contributed by atoms with van der Waals surface area (Å²) in [5.41, 5.74) is 4.63. The first-order chi connectivity index (χ1) is 25.1. The van der Waals surface area contributed by atoms with E-state index in [1.165, 1.54) is 63.9 Å². The summed E-state index contributed by atoms with van der Waals surface area (Å²) in [7, 11) is -3.02. The largest absolute Gasteiger partial charge is 0.481 e. The van der Waals surface area contributed by atoms with Crippen LogP contribution < -0.4 is 5.32 Å². The molecular formula is C42H70N2O7S2. The smallest absolute Gasteiger partial charge is 0.326 e. The maximum Gasteiger partial charge on any atom is 0.326 e. The molecule has 1 amide bonds. The second-order valence-electron chi connectivity index (χ2n) is 13.9. The average molecular weight is 779 g/mol. The van der Waals surface area contributed by atoms with Crippen molar-refractivity contribution in [3.8, 4) is 11.1 Å². The van der Waals surface area contributed by atoms with Gasteiger partial charge in [0, 0.05) is 18.4 Å². The van der Waals surface area contributed by atoms with E-state index in [0.717, 1.165) is 48.5 Å². The van der Waals surface area contributed by atoms with Crippen LogP contribution in [0, 0.1) is 18.8 Å². The van der Waals surface area contributed by atoms with Gasteiger partial charge in [-0.3, -0.25) is 14.5 Å². The van der Waals surface area contributed by atoms with Crippen molar-refractivity contribution in [3.63, 3.8) is 0 Å². The molecule has 1 aliphatic carbocycles. The summed E-state index contributed by atoms with van der Waals surface area (Å²) in [6.07, 6.45) is 14.8. The molecule has 0 aromatic heterocycles. The number of nitrogens with zero attached hydrogens (tertiary/aromatic N) is 1. The van der Waals surface area contributed by atoms with Gasteiger partial charge in [-0.2, -0.15) is 11.8 Å². The molecule has 2 atom stereocenters. The number of benzene rings is 2. The van der Waals surface area contributed by atoms with E-state index >= 15 is 0 Å². The zero-order valence-corrected chi connectivity index (χ0v) is 35.7. The van der Waals surface area contributed by atoms with E-state index in [1.54, 1.807) is 11.8 Å². The number of carbonyl (C=O) groups is 3. The number of thioether (sulfide) groups is 1. The minimum absolute atomic E-state index is 0.0551. The van der Waals surface area contributed by atoms with Crippen LogP contribution in [0.2, 0.25) is 0 Å². The Morgan fingerprint density at radius 2 is 1.49 bits per heavy atom. The number of sulfone groups is 1. The van der Waals surface area contributed by atoms with Gasteiger partial charge in [0.25, 0.3) is 5.91 Å². The quantitative estimate of drug-likeness (QED) is 0.181. The number of carbonyl (C=O) groups excluding carboxylic acids is 1. The molecule has 3 N–H and O–H groups in total. The molecule has 9 nitrogen and oxygen atoms in total. The average Bonchev–Trinajstić information content (AvgIpc) is 3.64. The summed E-state index contributed by atoms with van der Waals surface area (Å²) in [5, 5.41) is 20.6. The second-order valence-corrected chi connectivity index (χ2v) is 17.2. The Kier molecular flexibility index (Phi) is 27.0. The number of aryl methyl sites for hydroxylation is 1. The van der Waals surface area contributed by atoms with Crippen LogP contribution in [0.5, 0.6) is 0 Å². The van der Waals surface area contributed by atoms with Crippen molar-refractivity contribution >= 4 is 39.4 Å². The Morgan fingerprint density at radius 3 is 1.96 bits per heavy atom. The minimum atomic E-state index is -3.02. The Balaban J connectivity index is 0.000000957. The van der Waals surface area contributed by atoms with E-state index in [2.05, 4.69) is 37.1 Å². The van der Waals surface area contributed by atoms with Crippen LogP contribution in [-0.4, -0.2) is 84.5 Å². The van der Waals surface area contributed by atoms with Gasteiger partial charge in [-0.05, 0) is 98.0 Å². The van der Waals surface area contributed by atoms with Crippen molar-refractivity contribution in [2.75, 3.05) is 37.1 Å². The number of hydrogen-bond donors (Lipinski definition) is 3. The third-order valence-corrected chi connectivity index (χ3v) is 10.4. The molecule has 302 valence electrons. The van der Waals surface area contributed by atoms with Crippen LogP contribution in [-0.2, 0) is 26.0 Å². The molecule has 2 aliphatic rings. The fraction of sp³-hybridized carbons (Fsp3) is 0.643. The zero-order valence-electron chi connectivity index (χ0n) is 34.1. The van der Waals surface area contributed by atoms with Crippen molar-refractivity contribution in [2.45, 2.75) is 125 Å². The molecular weight excluding hydrogens is 709 g/mol. The van der Waals surface area contributed by atoms with E-state index in [4.69, 9.17) is 5.11 Å². The highest BCUT2D eigenvalue weighted by Crippen LogP contribution is 2.29. The van der Waals surface area contributed by atoms with Crippen LogP contribution in [0.3, 0.4) is 0 Å². The van der Waals surface area contributed by atoms with Gasteiger partial charge in [-0.25, -0.2) is 13.2 Å². The van der Waals surface area contributed by atoms with Crippen LogP contribution in [0.4, 0.5) is 0 Å². The standard InChI is InChI=1S/C24H30N2O3S.C7H14.C6H12O4S.C3H8.C2H6/c1-17-7-3-4-8-19(17)21-15-18(16-26-12-5-6-13-26)9-10-20(21)23(27)25-22(24(28)29)11-14-30-2;1-7-5-3-2-4-6-7;1-5(6(7)8)3-4-11(2,9)10;1-3-2;1-2/h3-4,7-10,15,22H,5-6,11-14,16H2,1-2H3,(H,25,27)(H,28,29);7H,2-6H2,1H3;5H,3-4H2,1-2H3,(H,7,8);3H2,1-2H3;1-2H3. The maximum absolute atomic E-state index is 13.1. The van der Waals surface area contributed by atoms with Gasteiger partial charge in [-0.1, -0.05) is 110 Å². The molecule has 1 saturated carbocycles. The highest BCUT2D eigenvalue weighted by atomic mass is 32.2. The van der Waals surface area contributed by atoms with Crippen LogP contribution in [0.15, 0.2) is 42.5 Å². The number of rotatable bonds is 13. The summed E-state index contributed by atoms with van der Waals surface area (Å²) in [6, 6.07) is 13.0. The van der Waals surface area contributed by atoms with Gasteiger partial charge in [0.1, 0.15) is 15.9 Å². The number of carboxylic acids is 2. The lowest BCUT2D eigenvalue weighted by Crippen LogP contribution is -2.41. The molecule has 53 heavy (non-hydrogen) atoms. The number of amides is 1. The highest BCUT2D eigenvalue weighted by Gasteiger charge is 2.23. The molecule has 1 saturated heterocycles. The van der Waals surface area contributed by atoms with Crippen molar-refractivity contribution in [3.05, 3.63) is 59.2 Å². The van der Waals surface area contributed by atoms with Gasteiger partial charge in [0.15, 0.2) is 0 Å². The fourth-order valence-electron chi connectivity index (χ4n) is 5.73. The summed E-state index contributed by atoms with van der Waals surface area (Å²) in [4.78, 5) is 37.3. The first-order valence-electron chi connectivity index (χ1n) is 19.5. The first-order valence-corrected chi connectivity index (χ1v) is 22.9. The van der Waals surface area contributed by atoms with Gasteiger partial charge >= 0.3 is 11.9 Å². The van der Waals surface area contributed by atoms with Crippen LogP contribution in [0.1, 0.15) is 127 Å². The third kappa shape index (κ3) is 22.2. The highest BCUT2D eigenvalue weighted by molar-refractivity contribution is 7.98. The number of nitrogens with one attached hydrogen (secondary N) is 1. The van der Waals surface area contributed by atoms with Crippen molar-refractivity contribution in [1.82, 2.24) is 10.2 Å². The van der Waals surface area contributed by atoms with E-state index in [-0.39, 0.29) is 18.1 Å². The summed E-state index contributed by atoms with van der Waals surface area (Å²) in [6.45, 7) is 17.2. The van der Waals surface area contributed by atoms with Crippen molar-refractivity contribution in [2.24, 2.45) is 11.8 Å². The fourth-order valence-corrected chi connectivity index (χ4v) is 6.99. The molecule has 4 rings (SSSR count). The third-order valence-electron chi connectivity index (χ3n) is 8.82. The topological polar surface area (TPSA) is 141 Å². The second kappa shape index (κ2) is 28.5. The van der Waals surface area contributed by atoms with Crippen LogP contribution >= 0.6 is 11.8 Å². The molecule has 0 radical (unpaired) electrons. The van der Waals surface area contributed by atoms with Crippen molar-refractivity contribution < 1.29 is 33.0 Å². The number of carboxylic acid groups (broad SMARTS) is 2. The number of aliphatic carboxylic acids is 2. The summed E-state index contributed by atoms with van der Waals surface area (Å²) < 4.78 is 21.1. The van der Waals surface area contributed by atoms with E-state index in [9.17, 15) is 27.9 Å². The molecule has 2 aromatic carbocycles. The van der Waals surface area contributed by atoms with Crippen LogP contribution in [0.25, 0.3) is 11.1 Å². The minimum Gasteiger partial charge on any atom is -0.481 e. The molecule has 2 aromatic rings. The molecule has 2 fully saturated rings. The normalized spacial score (nSPS) is 15.3. The number of hydrogen-bond acceptors (Lipinski definition) is 7. The Bertz CT molecular complexity index is 1440. The lowest BCUT2D eigenvalue weighted by atomic mass is 9.91. The number of likely N-dealkylation sites (tertiary alicyclic amines) is 1. The van der Waals surface area contributed by atoms with Gasteiger partial charge < -0.3 is 15.5 Å². The Morgan fingerprint density at radius 1 is 0.906 bits per heavy atom. The molecule has 0 spiro atoms. The van der Waals surface area contributed by atoms with Crippen molar-refractivity contribution in [1.29, 1.82) is 0 Å². The van der Waals surface area contributed by atoms with Gasteiger partial charge in [-0.15, -0.1) is 0 Å². The molecule has 1 heterocycles. The Hall–Kier alpha value is -2.89. The van der Waals surface area contributed by atoms with Gasteiger partial charge in [0.05, 0.1) is 11.7 Å². The van der Waals surface area contributed by atoms with E-state index in [1.807, 2.05) is 63.4 Å². The summed E-state index contributed by atoms with van der Waals surface area (Å²) >= 11 is 1.57. The SMILES string of the molecule is CC.CC(CCS(C)(=O)=O)C(=O)O.CC1CCCCC1.CCC.CSCCC(NC(=O)c1ccc(CN2CCCC2)cc1-c1ccccc1C)C(=O)O. The Labute approximate surface area is 326 Å². The monoisotopic (exact) mass is 778 g/mol. The maximum atomic E-state index is 13.1. The molecule has 1 aliphatic heterocycles. The zero-order chi connectivity index (χ0) is 40.4. The van der Waals surface area contributed by atoms with E-state index < -0.39 is 33.7 Å². The lowest BCUT2D eigenvalue weighted by Gasteiger charge is -2.19. The summed E-state index contributed by atoms with van der Waals surface area (Å²) in [5.74, 6) is -1.21. The predicted molar refractivity (Wildman–Crippen MR) is 224 cm³/mol. The molecule has 2 unspecified atom stereocenters.